The third-order valence-corrected chi connectivity index (χ3v) is 3.22. The Hall–Kier alpha value is -2.88. The van der Waals surface area contributed by atoms with E-state index in [0.29, 0.717) is 38.9 Å². The van der Waals surface area contributed by atoms with Crippen molar-refractivity contribution < 1.29 is 14.3 Å². The van der Waals surface area contributed by atoms with Crippen molar-refractivity contribution in [3.05, 3.63) is 60.2 Å². The minimum Gasteiger partial charge on any atom is -0.423 e. The average Bonchev–Trinajstić information content (AvgIpc) is 2.46. The molecule has 22 heavy (non-hydrogen) atoms. The van der Waals surface area contributed by atoms with Gasteiger partial charge in [-0.2, -0.15) is 0 Å². The molecule has 2 aromatic carbocycles. The Bertz CT molecular complexity index is 818. The van der Waals surface area contributed by atoms with Crippen molar-refractivity contribution in [1.29, 1.82) is 0 Å². The number of hydrogen-bond acceptors (Lipinski definition) is 4. The molecule has 4 nitrogen and oxygen atoms in total. The molecule has 4 heteroatoms. The number of ether oxygens (including phenoxy) is 1. The first-order valence-corrected chi connectivity index (χ1v) is 6.72. The molecule has 2 aromatic rings. The number of ketones is 1. The fourth-order valence-electron chi connectivity index (χ4n) is 2.09. The predicted octanol–water partition coefficient (Wildman–Crippen LogP) is 3.66. The Kier molecular flexibility index (Phi) is 4.13. The fourth-order valence-corrected chi connectivity index (χ4v) is 2.09. The lowest BCUT2D eigenvalue weighted by Gasteiger charge is -2.12. The molecule has 0 atom stereocenters. The molecule has 2 N–H and O–H groups in total. The van der Waals surface area contributed by atoms with Gasteiger partial charge in [0.15, 0.2) is 5.78 Å². The summed E-state index contributed by atoms with van der Waals surface area (Å²) in [6.45, 7) is 10.4. The van der Waals surface area contributed by atoms with E-state index in [9.17, 15) is 9.59 Å². The van der Waals surface area contributed by atoms with Crippen LogP contribution in [0.2, 0.25) is 0 Å². The molecule has 0 saturated carbocycles. The summed E-state index contributed by atoms with van der Waals surface area (Å²) in [6.07, 6.45) is 0. The smallest absolute Gasteiger partial charge is 0.338 e. The summed E-state index contributed by atoms with van der Waals surface area (Å²) in [7, 11) is 0. The normalized spacial score (nSPS) is 10.3. The predicted molar refractivity (Wildman–Crippen MR) is 88.0 cm³/mol. The number of benzene rings is 2. The first-order chi connectivity index (χ1) is 10.3. The Labute approximate surface area is 128 Å². The number of Topliss-reactive ketones (excluding diaryl/α,β-unsaturated/α-hetero) is 1. The van der Waals surface area contributed by atoms with Gasteiger partial charge in [0, 0.05) is 16.6 Å². The van der Waals surface area contributed by atoms with E-state index in [4.69, 9.17) is 10.5 Å². The van der Waals surface area contributed by atoms with E-state index < -0.39 is 5.97 Å². The summed E-state index contributed by atoms with van der Waals surface area (Å²) in [5.41, 5.74) is 7.37. The zero-order chi connectivity index (χ0) is 16.4. The van der Waals surface area contributed by atoms with Gasteiger partial charge < -0.3 is 10.5 Å². The van der Waals surface area contributed by atoms with Crippen molar-refractivity contribution >= 4 is 28.2 Å². The van der Waals surface area contributed by atoms with E-state index in [0.717, 1.165) is 0 Å². The van der Waals surface area contributed by atoms with Gasteiger partial charge in [0.05, 0.1) is 5.56 Å². The van der Waals surface area contributed by atoms with Gasteiger partial charge in [-0.05, 0) is 43.0 Å². The minimum atomic E-state index is -0.517. The molecular weight excluding hydrogens is 278 g/mol. The highest BCUT2D eigenvalue weighted by Crippen LogP contribution is 2.32. The number of nitrogen functional groups attached to an aromatic ring is 1. The van der Waals surface area contributed by atoms with Crippen molar-refractivity contribution in [2.24, 2.45) is 0 Å². The molecule has 0 aliphatic rings. The lowest BCUT2D eigenvalue weighted by atomic mass is 9.96. The largest absolute Gasteiger partial charge is 0.423 e. The number of hydrogen-bond donors (Lipinski definition) is 1. The van der Waals surface area contributed by atoms with Crippen LogP contribution < -0.4 is 10.5 Å². The summed E-state index contributed by atoms with van der Waals surface area (Å²) in [6, 6.07) is 8.48. The van der Waals surface area contributed by atoms with Crippen LogP contribution in [0.5, 0.6) is 5.75 Å². The van der Waals surface area contributed by atoms with Gasteiger partial charge in [-0.25, -0.2) is 4.79 Å². The Morgan fingerprint density at radius 1 is 1.00 bits per heavy atom. The monoisotopic (exact) mass is 295 g/mol. The standard InChI is InChI=1S/C18H17NO3/c1-10(2)17(20)16-13-6-5-7-15(22-18(21)11(3)4)12(13)8-9-14(16)19/h5-9H,1,3,19H2,2,4H3. The van der Waals surface area contributed by atoms with Crippen LogP contribution in [0, 0.1) is 0 Å². The summed E-state index contributed by atoms with van der Waals surface area (Å²) >= 11 is 0. The number of rotatable bonds is 4. The number of esters is 1. The number of anilines is 1. The molecule has 0 aromatic heterocycles. The molecule has 0 amide bonds. The maximum absolute atomic E-state index is 12.3. The van der Waals surface area contributed by atoms with Crippen molar-refractivity contribution in [2.75, 3.05) is 5.73 Å². The summed E-state index contributed by atoms with van der Waals surface area (Å²) in [5, 5.41) is 1.26. The fraction of sp³-hybridized carbons (Fsp3) is 0.111. The minimum absolute atomic E-state index is 0.230. The third-order valence-electron chi connectivity index (χ3n) is 3.22. The molecule has 2 rings (SSSR count). The summed E-state index contributed by atoms with van der Waals surface area (Å²) < 4.78 is 5.31. The van der Waals surface area contributed by atoms with Crippen LogP contribution in [0.4, 0.5) is 5.69 Å². The zero-order valence-corrected chi connectivity index (χ0v) is 12.6. The van der Waals surface area contributed by atoms with Crippen LogP contribution in [0.25, 0.3) is 10.8 Å². The molecule has 0 spiro atoms. The Balaban J connectivity index is 2.67. The third kappa shape index (κ3) is 2.76. The second-order valence-corrected chi connectivity index (χ2v) is 5.16. The van der Waals surface area contributed by atoms with E-state index in [1.807, 2.05) is 0 Å². The summed E-state index contributed by atoms with van der Waals surface area (Å²) in [5.74, 6) is -0.384. The molecule has 0 saturated heterocycles. The summed E-state index contributed by atoms with van der Waals surface area (Å²) in [4.78, 5) is 24.0. The molecule has 0 bridgehead atoms. The highest BCUT2D eigenvalue weighted by Gasteiger charge is 2.17. The van der Waals surface area contributed by atoms with Gasteiger partial charge in [0.2, 0.25) is 0 Å². The molecule has 0 heterocycles. The van der Waals surface area contributed by atoms with Crippen molar-refractivity contribution in [1.82, 2.24) is 0 Å². The lowest BCUT2D eigenvalue weighted by Crippen LogP contribution is -2.09. The lowest BCUT2D eigenvalue weighted by molar-refractivity contribution is -0.129. The van der Waals surface area contributed by atoms with Crippen LogP contribution in [-0.2, 0) is 4.79 Å². The maximum atomic E-state index is 12.3. The molecule has 0 aliphatic carbocycles. The van der Waals surface area contributed by atoms with Crippen LogP contribution >= 0.6 is 0 Å². The molecule has 0 fully saturated rings. The van der Waals surface area contributed by atoms with E-state index in [2.05, 4.69) is 13.2 Å². The van der Waals surface area contributed by atoms with Gasteiger partial charge in [0.25, 0.3) is 0 Å². The Morgan fingerprint density at radius 3 is 2.27 bits per heavy atom. The van der Waals surface area contributed by atoms with Crippen molar-refractivity contribution in [2.45, 2.75) is 13.8 Å². The van der Waals surface area contributed by atoms with Crippen molar-refractivity contribution in [3.63, 3.8) is 0 Å². The molecule has 0 radical (unpaired) electrons. The van der Waals surface area contributed by atoms with E-state index >= 15 is 0 Å². The van der Waals surface area contributed by atoms with Gasteiger partial charge in [-0.3, -0.25) is 4.79 Å². The average molecular weight is 295 g/mol. The number of fused-ring (bicyclic) bond motifs is 1. The first kappa shape index (κ1) is 15.5. The van der Waals surface area contributed by atoms with Crippen LogP contribution in [0.1, 0.15) is 24.2 Å². The van der Waals surface area contributed by atoms with Crippen LogP contribution in [0.15, 0.2) is 54.6 Å². The highest BCUT2D eigenvalue weighted by molar-refractivity contribution is 6.19. The number of carbonyl (C=O) groups excluding carboxylic acids is 2. The van der Waals surface area contributed by atoms with Gasteiger partial charge in [-0.1, -0.05) is 25.3 Å². The number of carbonyl (C=O) groups is 2. The first-order valence-electron chi connectivity index (χ1n) is 6.72. The van der Waals surface area contributed by atoms with Crippen LogP contribution in [-0.4, -0.2) is 11.8 Å². The van der Waals surface area contributed by atoms with Crippen molar-refractivity contribution in [3.8, 4) is 5.75 Å². The van der Waals surface area contributed by atoms with Gasteiger partial charge in [-0.15, -0.1) is 0 Å². The number of nitrogens with two attached hydrogens (primary N) is 1. The second kappa shape index (κ2) is 5.85. The Morgan fingerprint density at radius 2 is 1.68 bits per heavy atom. The quantitative estimate of drug-likeness (QED) is 0.307. The molecule has 112 valence electrons. The molecule has 0 unspecified atom stereocenters. The van der Waals surface area contributed by atoms with Gasteiger partial charge >= 0.3 is 5.97 Å². The molecule has 0 aliphatic heterocycles. The highest BCUT2D eigenvalue weighted by atomic mass is 16.5. The van der Waals surface area contributed by atoms with E-state index in [1.165, 1.54) is 0 Å². The topological polar surface area (TPSA) is 69.4 Å². The maximum Gasteiger partial charge on any atom is 0.338 e. The van der Waals surface area contributed by atoms with Crippen LogP contribution in [0.3, 0.4) is 0 Å². The number of allylic oxidation sites excluding steroid dienone is 1. The second-order valence-electron chi connectivity index (χ2n) is 5.16. The zero-order valence-electron chi connectivity index (χ0n) is 12.6. The van der Waals surface area contributed by atoms with Gasteiger partial charge in [0.1, 0.15) is 5.75 Å². The molecular formula is C18H17NO3. The SMILES string of the molecule is C=C(C)C(=O)Oc1cccc2c(C(=O)C(=C)C)c(N)ccc12. The van der Waals surface area contributed by atoms with E-state index in [1.54, 1.807) is 44.2 Å². The van der Waals surface area contributed by atoms with E-state index in [-0.39, 0.29) is 5.78 Å².